The van der Waals surface area contributed by atoms with Crippen molar-refractivity contribution < 1.29 is 14.6 Å². The largest absolute Gasteiger partial charge is 0.493 e. The zero-order valence-corrected chi connectivity index (χ0v) is 12.5. The van der Waals surface area contributed by atoms with Gasteiger partial charge >= 0.3 is 0 Å². The molecule has 0 bridgehead atoms. The lowest BCUT2D eigenvalue weighted by molar-refractivity contribution is 0.0313. The molecule has 0 radical (unpaired) electrons. The normalized spacial score (nSPS) is 33.9. The highest BCUT2D eigenvalue weighted by Gasteiger charge is 2.56. The van der Waals surface area contributed by atoms with Gasteiger partial charge in [0.05, 0.1) is 18.6 Å². The molecule has 4 heteroatoms. The van der Waals surface area contributed by atoms with Crippen LogP contribution in [0.2, 0.25) is 0 Å². The molecule has 21 heavy (non-hydrogen) atoms. The van der Waals surface area contributed by atoms with E-state index in [2.05, 4.69) is 18.0 Å². The molecule has 1 aromatic carbocycles. The van der Waals surface area contributed by atoms with Crippen LogP contribution in [0.15, 0.2) is 24.3 Å². The summed E-state index contributed by atoms with van der Waals surface area (Å²) in [4.78, 5) is 2.32. The van der Waals surface area contributed by atoms with Gasteiger partial charge in [0.2, 0.25) is 0 Å². The Balaban J connectivity index is 1.99. The zero-order valence-electron chi connectivity index (χ0n) is 12.5. The van der Waals surface area contributed by atoms with Gasteiger partial charge in [0.1, 0.15) is 6.10 Å². The number of aliphatic hydroxyl groups excluding tert-OH is 1. The number of nitrogens with zero attached hydrogens (tertiary/aromatic N) is 1. The van der Waals surface area contributed by atoms with Crippen LogP contribution < -0.4 is 9.47 Å². The van der Waals surface area contributed by atoms with Gasteiger partial charge in [-0.25, -0.2) is 0 Å². The summed E-state index contributed by atoms with van der Waals surface area (Å²) in [5, 5.41) is 10.8. The van der Waals surface area contributed by atoms with Gasteiger partial charge in [-0.2, -0.15) is 0 Å². The monoisotopic (exact) mass is 287 g/mol. The molecule has 0 unspecified atom stereocenters. The van der Waals surface area contributed by atoms with Gasteiger partial charge in [-0.05, 0) is 31.6 Å². The molecule has 2 heterocycles. The number of benzene rings is 1. The molecule has 1 aliphatic carbocycles. The second-order valence-corrected chi connectivity index (χ2v) is 6.37. The topological polar surface area (TPSA) is 41.9 Å². The summed E-state index contributed by atoms with van der Waals surface area (Å²) < 4.78 is 11.7. The molecule has 3 atom stereocenters. The van der Waals surface area contributed by atoms with Crippen molar-refractivity contribution in [2.24, 2.45) is 0 Å². The second-order valence-electron chi connectivity index (χ2n) is 6.37. The number of rotatable bonds is 1. The minimum absolute atomic E-state index is 0.00838. The predicted octanol–water partition coefficient (Wildman–Crippen LogP) is 1.85. The molecular weight excluding hydrogens is 266 g/mol. The Labute approximate surface area is 125 Å². The van der Waals surface area contributed by atoms with Crippen molar-refractivity contribution in [2.45, 2.75) is 37.0 Å². The Kier molecular flexibility index (Phi) is 2.81. The van der Waals surface area contributed by atoms with Crippen LogP contribution in [0.4, 0.5) is 0 Å². The van der Waals surface area contributed by atoms with Gasteiger partial charge in [-0.15, -0.1) is 0 Å². The SMILES string of the molecule is COc1ccc2c3c1O[C@H]1CC=C[C@@H](O)[C@@]31CCN(C)C2. The predicted molar refractivity (Wildman–Crippen MR) is 79.8 cm³/mol. The van der Waals surface area contributed by atoms with Crippen LogP contribution in [0.5, 0.6) is 11.5 Å². The summed E-state index contributed by atoms with van der Waals surface area (Å²) in [5.74, 6) is 1.62. The van der Waals surface area contributed by atoms with Gasteiger partial charge < -0.3 is 19.5 Å². The zero-order chi connectivity index (χ0) is 14.6. The third-order valence-electron chi connectivity index (χ3n) is 5.27. The molecule has 0 aromatic heterocycles. The Morgan fingerprint density at radius 2 is 2.29 bits per heavy atom. The maximum Gasteiger partial charge on any atom is 0.165 e. The lowest BCUT2D eigenvalue weighted by atomic mass is 9.66. The van der Waals surface area contributed by atoms with E-state index < -0.39 is 6.10 Å². The fraction of sp³-hybridized carbons (Fsp3) is 0.529. The van der Waals surface area contributed by atoms with Crippen molar-refractivity contribution in [3.63, 3.8) is 0 Å². The number of hydrogen-bond acceptors (Lipinski definition) is 4. The van der Waals surface area contributed by atoms with Crippen molar-refractivity contribution in [1.82, 2.24) is 4.90 Å². The Bertz CT molecular complexity index is 612. The fourth-order valence-electron chi connectivity index (χ4n) is 4.21. The molecule has 2 aliphatic heterocycles. The Morgan fingerprint density at radius 1 is 1.43 bits per heavy atom. The Hall–Kier alpha value is -1.52. The van der Waals surface area contributed by atoms with Gasteiger partial charge in [0, 0.05) is 18.5 Å². The molecule has 1 N–H and O–H groups in total. The molecule has 3 aliphatic rings. The molecule has 0 fully saturated rings. The summed E-state index contributed by atoms with van der Waals surface area (Å²) in [5.41, 5.74) is 2.11. The summed E-state index contributed by atoms with van der Waals surface area (Å²) in [6.45, 7) is 1.85. The standard InChI is InChI=1S/C17H21NO3/c1-18-9-8-17-13(19)4-3-5-14(17)21-16-12(20-2)7-6-11(10-18)15(16)17/h3-4,6-7,13-14,19H,5,8-10H2,1-2H3/t13-,14+,17-/m1/s1. The molecule has 1 spiro atoms. The van der Waals surface area contributed by atoms with Crippen molar-refractivity contribution >= 4 is 0 Å². The van der Waals surface area contributed by atoms with E-state index in [1.165, 1.54) is 11.1 Å². The van der Waals surface area contributed by atoms with E-state index in [1.54, 1.807) is 7.11 Å². The highest BCUT2D eigenvalue weighted by atomic mass is 16.5. The summed E-state index contributed by atoms with van der Waals surface area (Å²) >= 11 is 0. The van der Waals surface area contributed by atoms with Crippen LogP contribution in [0.1, 0.15) is 24.0 Å². The van der Waals surface area contributed by atoms with Crippen LogP contribution in [0.25, 0.3) is 0 Å². The minimum atomic E-state index is -0.491. The minimum Gasteiger partial charge on any atom is -0.493 e. The van der Waals surface area contributed by atoms with Crippen molar-refractivity contribution in [2.75, 3.05) is 20.7 Å². The van der Waals surface area contributed by atoms with Crippen LogP contribution in [-0.2, 0) is 12.0 Å². The highest BCUT2D eigenvalue weighted by molar-refractivity contribution is 5.60. The van der Waals surface area contributed by atoms with Crippen molar-refractivity contribution in [1.29, 1.82) is 0 Å². The van der Waals surface area contributed by atoms with Crippen molar-refractivity contribution in [3.05, 3.63) is 35.4 Å². The number of ether oxygens (including phenoxy) is 2. The average molecular weight is 287 g/mol. The maximum atomic E-state index is 10.8. The first-order chi connectivity index (χ1) is 10.2. The van der Waals surface area contributed by atoms with E-state index in [9.17, 15) is 5.11 Å². The number of hydrogen-bond donors (Lipinski definition) is 1. The van der Waals surface area contributed by atoms with Crippen LogP contribution in [0, 0.1) is 0 Å². The number of methoxy groups -OCH3 is 1. The fourth-order valence-corrected chi connectivity index (χ4v) is 4.21. The third kappa shape index (κ3) is 1.63. The number of aliphatic hydroxyl groups is 1. The van der Waals surface area contributed by atoms with E-state index >= 15 is 0 Å². The smallest absolute Gasteiger partial charge is 0.165 e. The van der Waals surface area contributed by atoms with Crippen LogP contribution in [-0.4, -0.2) is 42.9 Å². The van der Waals surface area contributed by atoms with E-state index in [0.29, 0.717) is 0 Å². The van der Waals surface area contributed by atoms with Gasteiger partial charge in [0.25, 0.3) is 0 Å². The van der Waals surface area contributed by atoms with E-state index in [-0.39, 0.29) is 11.5 Å². The quantitative estimate of drug-likeness (QED) is 0.801. The highest BCUT2D eigenvalue weighted by Crippen LogP contribution is 2.56. The molecule has 0 saturated heterocycles. The molecular formula is C17H21NO3. The average Bonchev–Trinajstić information content (AvgIpc) is 2.74. The Morgan fingerprint density at radius 3 is 3.10 bits per heavy atom. The summed E-state index contributed by atoms with van der Waals surface area (Å²) in [7, 11) is 3.81. The summed E-state index contributed by atoms with van der Waals surface area (Å²) in [6.07, 6.45) is 5.24. The summed E-state index contributed by atoms with van der Waals surface area (Å²) in [6, 6.07) is 4.11. The van der Waals surface area contributed by atoms with Gasteiger partial charge in [-0.1, -0.05) is 18.2 Å². The van der Waals surface area contributed by atoms with E-state index in [1.807, 2.05) is 18.2 Å². The molecule has 0 saturated carbocycles. The lowest BCUT2D eigenvalue weighted by Crippen LogP contribution is -2.49. The second kappa shape index (κ2) is 4.49. The van der Waals surface area contributed by atoms with Gasteiger partial charge in [0.15, 0.2) is 11.5 Å². The van der Waals surface area contributed by atoms with Crippen LogP contribution in [0.3, 0.4) is 0 Å². The maximum absolute atomic E-state index is 10.8. The van der Waals surface area contributed by atoms with Crippen molar-refractivity contribution in [3.8, 4) is 11.5 Å². The first-order valence-electron chi connectivity index (χ1n) is 7.57. The van der Waals surface area contributed by atoms with E-state index in [4.69, 9.17) is 9.47 Å². The third-order valence-corrected chi connectivity index (χ3v) is 5.27. The molecule has 4 rings (SSSR count). The first kappa shape index (κ1) is 13.2. The molecule has 112 valence electrons. The lowest BCUT2D eigenvalue weighted by Gasteiger charge is -2.39. The molecule has 0 amide bonds. The molecule has 4 nitrogen and oxygen atoms in total. The van der Waals surface area contributed by atoms with Gasteiger partial charge in [-0.3, -0.25) is 0 Å². The van der Waals surface area contributed by atoms with E-state index in [0.717, 1.165) is 37.4 Å². The van der Waals surface area contributed by atoms with Crippen LogP contribution >= 0.6 is 0 Å². The molecule has 1 aromatic rings. The first-order valence-corrected chi connectivity index (χ1v) is 7.57.